The topological polar surface area (TPSA) is 96.9 Å². The van der Waals surface area contributed by atoms with Crippen LogP contribution in [0.3, 0.4) is 0 Å². The van der Waals surface area contributed by atoms with Gasteiger partial charge in [0.25, 0.3) is 0 Å². The lowest BCUT2D eigenvalue weighted by Gasteiger charge is -2.31. The van der Waals surface area contributed by atoms with E-state index in [-0.39, 0.29) is 17.6 Å². The van der Waals surface area contributed by atoms with Crippen molar-refractivity contribution in [1.29, 1.82) is 0 Å². The van der Waals surface area contributed by atoms with E-state index in [2.05, 4.69) is 17.6 Å². The Hall–Kier alpha value is -2.70. The molecule has 1 heterocycles. The first-order chi connectivity index (χ1) is 12.9. The Morgan fingerprint density at radius 2 is 2.07 bits per heavy atom. The van der Waals surface area contributed by atoms with E-state index >= 15 is 0 Å². The van der Waals surface area contributed by atoms with Gasteiger partial charge in [0, 0.05) is 5.70 Å². The molecule has 27 heavy (non-hydrogen) atoms. The van der Waals surface area contributed by atoms with Gasteiger partial charge in [0.05, 0.1) is 18.7 Å². The number of ether oxygens (including phenoxy) is 2. The third kappa shape index (κ3) is 4.18. The number of allylic oxidation sites excluding steroid dienone is 1. The second kappa shape index (κ2) is 7.90. The maximum atomic E-state index is 12.9. The number of esters is 1. The number of urea groups is 1. The molecule has 0 aromatic heterocycles. The van der Waals surface area contributed by atoms with Gasteiger partial charge < -0.3 is 25.2 Å². The molecule has 1 aromatic carbocycles. The minimum absolute atomic E-state index is 0.0115. The van der Waals surface area contributed by atoms with Crippen LogP contribution in [0.4, 0.5) is 4.79 Å². The van der Waals surface area contributed by atoms with Crippen LogP contribution in [0.5, 0.6) is 11.5 Å². The molecule has 0 radical (unpaired) electrons. The molecule has 2 amide bonds. The third-order valence-corrected chi connectivity index (χ3v) is 5.19. The average molecular weight is 374 g/mol. The molecule has 1 aliphatic heterocycles. The zero-order valence-corrected chi connectivity index (χ0v) is 15.9. The van der Waals surface area contributed by atoms with Crippen LogP contribution >= 0.6 is 0 Å². The molecule has 3 rings (SSSR count). The average Bonchev–Trinajstić information content (AvgIpc) is 2.61. The molecular formula is C20H26N2O5. The first kappa shape index (κ1) is 19.1. The van der Waals surface area contributed by atoms with Crippen LogP contribution in [0.25, 0.3) is 0 Å². The molecule has 1 aromatic rings. The van der Waals surface area contributed by atoms with Crippen LogP contribution < -0.4 is 15.4 Å². The molecule has 7 heteroatoms. The van der Waals surface area contributed by atoms with Gasteiger partial charge in [0.15, 0.2) is 11.5 Å². The number of aromatic hydroxyl groups is 1. The van der Waals surface area contributed by atoms with Crippen molar-refractivity contribution in [2.75, 3.05) is 7.11 Å². The summed E-state index contributed by atoms with van der Waals surface area (Å²) < 4.78 is 10.9. The van der Waals surface area contributed by atoms with Crippen LogP contribution in [-0.4, -0.2) is 30.3 Å². The summed E-state index contributed by atoms with van der Waals surface area (Å²) in [7, 11) is 1.44. The van der Waals surface area contributed by atoms with Gasteiger partial charge in [-0.05, 0) is 49.8 Å². The minimum Gasteiger partial charge on any atom is -0.504 e. The molecule has 1 fully saturated rings. The molecule has 0 bridgehead atoms. The van der Waals surface area contributed by atoms with Gasteiger partial charge in [-0.2, -0.15) is 0 Å². The summed E-state index contributed by atoms with van der Waals surface area (Å²) in [6.45, 7) is 3.85. The van der Waals surface area contributed by atoms with Crippen LogP contribution in [0.1, 0.15) is 51.1 Å². The summed E-state index contributed by atoms with van der Waals surface area (Å²) in [5.41, 5.74) is 1.45. The second-order valence-electron chi connectivity index (χ2n) is 7.30. The van der Waals surface area contributed by atoms with Crippen molar-refractivity contribution in [1.82, 2.24) is 10.6 Å². The number of benzene rings is 1. The predicted octanol–water partition coefficient (Wildman–Crippen LogP) is 3.15. The van der Waals surface area contributed by atoms with Crippen molar-refractivity contribution in [3.63, 3.8) is 0 Å². The lowest BCUT2D eigenvalue weighted by Crippen LogP contribution is -2.45. The molecule has 0 unspecified atom stereocenters. The van der Waals surface area contributed by atoms with Crippen LogP contribution in [-0.2, 0) is 9.53 Å². The number of hydrogen-bond acceptors (Lipinski definition) is 5. The Bertz CT molecular complexity index is 774. The lowest BCUT2D eigenvalue weighted by atomic mass is 9.88. The Labute approximate surface area is 158 Å². The molecular weight excluding hydrogens is 348 g/mol. The fourth-order valence-corrected chi connectivity index (χ4v) is 3.79. The molecule has 0 saturated heterocycles. The SMILES string of the molecule is COc1cc([C@H]2NC(=O)NC(C)=C2C(=O)O[C@H]2CCC[C@@H](C)C2)ccc1O. The van der Waals surface area contributed by atoms with Gasteiger partial charge in [-0.25, -0.2) is 9.59 Å². The number of carbonyl (C=O) groups is 2. The van der Waals surface area contributed by atoms with Gasteiger partial charge in [0.2, 0.25) is 0 Å². The first-order valence-corrected chi connectivity index (χ1v) is 9.25. The Morgan fingerprint density at radius 3 is 2.78 bits per heavy atom. The minimum atomic E-state index is -0.679. The normalized spacial score (nSPS) is 25.4. The molecule has 2 aliphatic rings. The van der Waals surface area contributed by atoms with Crippen molar-refractivity contribution >= 4 is 12.0 Å². The number of carbonyl (C=O) groups excluding carboxylic acids is 2. The van der Waals surface area contributed by atoms with E-state index in [1.165, 1.54) is 13.2 Å². The van der Waals surface area contributed by atoms with E-state index in [9.17, 15) is 14.7 Å². The maximum absolute atomic E-state index is 12.9. The Kier molecular flexibility index (Phi) is 5.58. The van der Waals surface area contributed by atoms with Gasteiger partial charge >= 0.3 is 12.0 Å². The van der Waals surface area contributed by atoms with Crippen LogP contribution in [0.2, 0.25) is 0 Å². The summed E-state index contributed by atoms with van der Waals surface area (Å²) in [6.07, 6.45) is 3.82. The fraction of sp³-hybridized carbons (Fsp3) is 0.500. The van der Waals surface area contributed by atoms with Gasteiger partial charge in [-0.15, -0.1) is 0 Å². The zero-order valence-electron chi connectivity index (χ0n) is 15.9. The predicted molar refractivity (Wildman–Crippen MR) is 99.3 cm³/mol. The van der Waals surface area contributed by atoms with Gasteiger partial charge in [0.1, 0.15) is 6.10 Å². The highest BCUT2D eigenvalue weighted by Crippen LogP contribution is 2.34. The Balaban J connectivity index is 1.88. The number of hydrogen-bond donors (Lipinski definition) is 3. The highest BCUT2D eigenvalue weighted by molar-refractivity contribution is 5.95. The van der Waals surface area contributed by atoms with Crippen LogP contribution in [0.15, 0.2) is 29.5 Å². The lowest BCUT2D eigenvalue weighted by molar-refractivity contribution is -0.146. The van der Waals surface area contributed by atoms with E-state index in [4.69, 9.17) is 9.47 Å². The van der Waals surface area contributed by atoms with E-state index in [0.717, 1.165) is 25.7 Å². The third-order valence-electron chi connectivity index (χ3n) is 5.19. The molecule has 3 atom stereocenters. The smallest absolute Gasteiger partial charge is 0.338 e. The van der Waals surface area contributed by atoms with Gasteiger partial charge in [-0.3, -0.25) is 0 Å². The molecule has 1 aliphatic carbocycles. The van der Waals surface area contributed by atoms with Crippen LogP contribution in [0, 0.1) is 5.92 Å². The summed E-state index contributed by atoms with van der Waals surface area (Å²) in [5, 5.41) is 15.2. The molecule has 146 valence electrons. The monoisotopic (exact) mass is 374 g/mol. The van der Waals surface area contributed by atoms with Crippen molar-refractivity contribution < 1.29 is 24.2 Å². The number of rotatable bonds is 4. The Morgan fingerprint density at radius 1 is 1.30 bits per heavy atom. The number of amides is 2. The zero-order chi connectivity index (χ0) is 19.6. The summed E-state index contributed by atoms with van der Waals surface area (Å²) >= 11 is 0. The fourth-order valence-electron chi connectivity index (χ4n) is 3.79. The van der Waals surface area contributed by atoms with Crippen molar-refractivity contribution in [2.45, 2.75) is 51.7 Å². The second-order valence-corrected chi connectivity index (χ2v) is 7.30. The quantitative estimate of drug-likeness (QED) is 0.704. The van der Waals surface area contributed by atoms with E-state index in [1.54, 1.807) is 19.1 Å². The summed E-state index contributed by atoms with van der Waals surface area (Å²) in [5.74, 6) is 0.360. The molecule has 1 saturated carbocycles. The standard InChI is InChI=1S/C20H26N2O5/c1-11-5-4-6-14(9-11)27-19(24)17-12(2)21-20(25)22-18(17)13-7-8-15(23)16(10-13)26-3/h7-8,10-11,14,18,23H,4-6,9H2,1-3H3,(H2,21,22,25)/t11-,14+,18-/m1/s1. The van der Waals surface area contributed by atoms with E-state index < -0.39 is 18.0 Å². The van der Waals surface area contributed by atoms with Crippen molar-refractivity contribution in [3.8, 4) is 11.5 Å². The highest BCUT2D eigenvalue weighted by atomic mass is 16.5. The van der Waals surface area contributed by atoms with Crippen molar-refractivity contribution in [2.24, 2.45) is 5.92 Å². The highest BCUT2D eigenvalue weighted by Gasteiger charge is 2.34. The summed E-state index contributed by atoms with van der Waals surface area (Å²) in [6, 6.07) is 3.66. The van der Waals surface area contributed by atoms with E-state index in [1.807, 2.05) is 0 Å². The summed E-state index contributed by atoms with van der Waals surface area (Å²) in [4.78, 5) is 24.9. The first-order valence-electron chi connectivity index (χ1n) is 9.25. The number of phenols is 1. The number of phenolic OH excluding ortho intramolecular Hbond substituents is 1. The van der Waals surface area contributed by atoms with E-state index in [0.29, 0.717) is 22.8 Å². The molecule has 3 N–H and O–H groups in total. The number of methoxy groups -OCH3 is 1. The molecule has 0 spiro atoms. The largest absolute Gasteiger partial charge is 0.504 e. The number of nitrogens with one attached hydrogen (secondary N) is 2. The maximum Gasteiger partial charge on any atom is 0.338 e. The molecule has 7 nitrogen and oxygen atoms in total. The van der Waals surface area contributed by atoms with Gasteiger partial charge in [-0.1, -0.05) is 19.4 Å². The van der Waals surface area contributed by atoms with Crippen molar-refractivity contribution in [3.05, 3.63) is 35.0 Å².